The number of rotatable bonds is 3. The number of ketones is 1. The molecular weight excluding hydrogens is 276 g/mol. The Morgan fingerprint density at radius 1 is 1.37 bits per heavy atom. The molecule has 1 aromatic rings. The predicted octanol–water partition coefficient (Wildman–Crippen LogP) is 3.34. The molecule has 1 heterocycles. The monoisotopic (exact) mass is 287 g/mol. The number of carbonyl (C=O) groups excluding carboxylic acids is 1. The molecule has 4 nitrogen and oxygen atoms in total. The summed E-state index contributed by atoms with van der Waals surface area (Å²) in [5, 5.41) is 10.1. The van der Waals surface area contributed by atoms with E-state index < -0.39 is 38.8 Å². The molecule has 102 valence electrons. The van der Waals surface area contributed by atoms with Crippen molar-refractivity contribution in [1.29, 1.82) is 0 Å². The van der Waals surface area contributed by atoms with Crippen LogP contribution < -0.4 is 0 Å². The third-order valence-corrected chi connectivity index (χ3v) is 4.36. The maximum absolute atomic E-state index is 13.9. The quantitative estimate of drug-likeness (QED) is 0.486. The van der Waals surface area contributed by atoms with E-state index in [1.165, 1.54) is 11.8 Å². The van der Waals surface area contributed by atoms with Crippen LogP contribution in [0.5, 0.6) is 0 Å². The van der Waals surface area contributed by atoms with E-state index in [0.717, 1.165) is 30.7 Å². The zero-order valence-electron chi connectivity index (χ0n) is 9.90. The molecule has 0 saturated carbocycles. The number of hydrogen-bond donors (Lipinski definition) is 0. The summed E-state index contributed by atoms with van der Waals surface area (Å²) >= 11 is 1.35. The number of carbonyl (C=O) groups is 1. The zero-order valence-corrected chi connectivity index (χ0v) is 10.7. The number of thioether (sulfide) groups is 1. The summed E-state index contributed by atoms with van der Waals surface area (Å²) in [5.41, 5.74) is -1.65. The summed E-state index contributed by atoms with van der Waals surface area (Å²) in [6, 6.07) is 1.50. The molecule has 0 aliphatic carbocycles. The molecule has 0 spiro atoms. The number of nitro groups is 1. The van der Waals surface area contributed by atoms with Gasteiger partial charge in [0, 0.05) is 6.07 Å². The van der Waals surface area contributed by atoms with Crippen molar-refractivity contribution in [1.82, 2.24) is 0 Å². The molecule has 1 aromatic carbocycles. The highest BCUT2D eigenvalue weighted by atomic mass is 32.2. The highest BCUT2D eigenvalue weighted by molar-refractivity contribution is 8.00. The number of halogens is 2. The minimum Gasteiger partial charge on any atom is -0.293 e. The van der Waals surface area contributed by atoms with Gasteiger partial charge in [-0.25, -0.2) is 4.39 Å². The lowest BCUT2D eigenvalue weighted by Crippen LogP contribution is -2.23. The maximum atomic E-state index is 13.9. The van der Waals surface area contributed by atoms with Crippen molar-refractivity contribution in [3.63, 3.8) is 0 Å². The molecule has 1 atom stereocenters. The smallest absolute Gasteiger partial charge is 0.293 e. The molecule has 1 aliphatic heterocycles. The minimum atomic E-state index is -1.37. The lowest BCUT2D eigenvalue weighted by Gasteiger charge is -2.20. The van der Waals surface area contributed by atoms with Crippen molar-refractivity contribution in [2.24, 2.45) is 0 Å². The molecule has 1 unspecified atom stereocenters. The summed E-state index contributed by atoms with van der Waals surface area (Å²) in [4.78, 5) is 21.7. The Balaban J connectivity index is 2.40. The van der Waals surface area contributed by atoms with Gasteiger partial charge in [0.2, 0.25) is 5.82 Å². The van der Waals surface area contributed by atoms with E-state index in [4.69, 9.17) is 0 Å². The third-order valence-electron chi connectivity index (χ3n) is 2.99. The van der Waals surface area contributed by atoms with Crippen molar-refractivity contribution in [2.75, 3.05) is 5.75 Å². The highest BCUT2D eigenvalue weighted by Crippen LogP contribution is 2.31. The molecule has 2 rings (SSSR count). The molecule has 19 heavy (non-hydrogen) atoms. The van der Waals surface area contributed by atoms with Gasteiger partial charge >= 0.3 is 5.69 Å². The van der Waals surface area contributed by atoms with Gasteiger partial charge < -0.3 is 0 Å². The molecular formula is C12H11F2NO3S. The van der Waals surface area contributed by atoms with Gasteiger partial charge in [-0.2, -0.15) is 16.2 Å². The standard InChI is InChI=1S/C12H11F2NO3S/c13-7-4-5-8(15(17)18)11(14)10(7)12(16)9-3-1-2-6-19-9/h4-5,9H,1-3,6H2. The van der Waals surface area contributed by atoms with Crippen molar-refractivity contribution < 1.29 is 18.5 Å². The molecule has 0 amide bonds. The van der Waals surface area contributed by atoms with E-state index in [-0.39, 0.29) is 0 Å². The van der Waals surface area contributed by atoms with Crippen molar-refractivity contribution in [2.45, 2.75) is 24.5 Å². The van der Waals surface area contributed by atoms with E-state index in [1.54, 1.807) is 0 Å². The van der Waals surface area contributed by atoms with Crippen LogP contribution in [0.1, 0.15) is 29.6 Å². The van der Waals surface area contributed by atoms with Crippen LogP contribution in [0.25, 0.3) is 0 Å². The Bertz CT molecular complexity index is 530. The fraction of sp³-hybridized carbons (Fsp3) is 0.417. The summed E-state index contributed by atoms with van der Waals surface area (Å²) in [6.07, 6.45) is 2.33. The van der Waals surface area contributed by atoms with Crippen molar-refractivity contribution in [3.8, 4) is 0 Å². The second kappa shape index (κ2) is 5.64. The van der Waals surface area contributed by atoms with E-state index >= 15 is 0 Å². The Labute approximate surface area is 112 Å². The average molecular weight is 287 g/mol. The first-order valence-electron chi connectivity index (χ1n) is 5.80. The fourth-order valence-corrected chi connectivity index (χ4v) is 3.27. The third kappa shape index (κ3) is 2.75. The van der Waals surface area contributed by atoms with Crippen LogP contribution in [0.2, 0.25) is 0 Å². The van der Waals surface area contributed by atoms with Gasteiger partial charge in [0.25, 0.3) is 0 Å². The van der Waals surface area contributed by atoms with E-state index in [2.05, 4.69) is 0 Å². The van der Waals surface area contributed by atoms with Crippen LogP contribution in [0.3, 0.4) is 0 Å². The predicted molar refractivity (Wildman–Crippen MR) is 67.4 cm³/mol. The van der Waals surface area contributed by atoms with Crippen LogP contribution in [-0.2, 0) is 0 Å². The first-order chi connectivity index (χ1) is 9.02. The van der Waals surface area contributed by atoms with Crippen LogP contribution in [-0.4, -0.2) is 21.7 Å². The Morgan fingerprint density at radius 3 is 2.68 bits per heavy atom. The van der Waals surface area contributed by atoms with Gasteiger partial charge in [0.05, 0.1) is 15.7 Å². The van der Waals surface area contributed by atoms with Crippen LogP contribution in [0, 0.1) is 21.7 Å². The van der Waals surface area contributed by atoms with Gasteiger partial charge in [0.15, 0.2) is 5.78 Å². The molecule has 1 fully saturated rings. The normalized spacial score (nSPS) is 19.2. The van der Waals surface area contributed by atoms with Crippen LogP contribution >= 0.6 is 11.8 Å². The van der Waals surface area contributed by atoms with Crippen molar-refractivity contribution in [3.05, 3.63) is 39.4 Å². The van der Waals surface area contributed by atoms with Gasteiger partial charge in [-0.05, 0) is 24.7 Å². The van der Waals surface area contributed by atoms with E-state index in [0.29, 0.717) is 6.42 Å². The van der Waals surface area contributed by atoms with Crippen molar-refractivity contribution >= 4 is 23.2 Å². The Morgan fingerprint density at radius 2 is 2.11 bits per heavy atom. The molecule has 0 bridgehead atoms. The molecule has 0 aromatic heterocycles. The number of Topliss-reactive ketones (excluding diaryl/α,β-unsaturated/α-hetero) is 1. The lowest BCUT2D eigenvalue weighted by atomic mass is 10.0. The number of benzene rings is 1. The molecule has 1 aliphatic rings. The van der Waals surface area contributed by atoms with Gasteiger partial charge in [0.1, 0.15) is 5.82 Å². The lowest BCUT2D eigenvalue weighted by molar-refractivity contribution is -0.387. The van der Waals surface area contributed by atoms with Crippen LogP contribution in [0.4, 0.5) is 14.5 Å². The van der Waals surface area contributed by atoms with Gasteiger partial charge in [-0.15, -0.1) is 0 Å². The Kier molecular flexibility index (Phi) is 4.14. The number of hydrogen-bond acceptors (Lipinski definition) is 4. The SMILES string of the molecule is O=C(c1c(F)ccc([N+](=O)[O-])c1F)C1CCCCS1. The second-order valence-electron chi connectivity index (χ2n) is 4.23. The summed E-state index contributed by atoms with van der Waals surface area (Å²) < 4.78 is 27.5. The first kappa shape index (κ1) is 13.9. The van der Waals surface area contributed by atoms with E-state index in [9.17, 15) is 23.7 Å². The topological polar surface area (TPSA) is 60.2 Å². The Hall–Kier alpha value is -1.50. The zero-order chi connectivity index (χ0) is 14.0. The summed E-state index contributed by atoms with van der Waals surface area (Å²) in [5.74, 6) is -2.35. The largest absolute Gasteiger partial charge is 0.305 e. The van der Waals surface area contributed by atoms with E-state index in [1.807, 2.05) is 0 Å². The highest BCUT2D eigenvalue weighted by Gasteiger charge is 2.31. The second-order valence-corrected chi connectivity index (χ2v) is 5.54. The first-order valence-corrected chi connectivity index (χ1v) is 6.85. The summed E-state index contributed by atoms with van der Waals surface area (Å²) in [6.45, 7) is 0. The average Bonchev–Trinajstić information content (AvgIpc) is 2.39. The molecule has 1 saturated heterocycles. The fourth-order valence-electron chi connectivity index (χ4n) is 2.02. The summed E-state index contributed by atoms with van der Waals surface area (Å²) in [7, 11) is 0. The maximum Gasteiger partial charge on any atom is 0.305 e. The van der Waals surface area contributed by atoms with Gasteiger partial charge in [-0.1, -0.05) is 6.42 Å². The number of nitrogens with zero attached hydrogens (tertiary/aromatic N) is 1. The molecule has 0 N–H and O–H groups in total. The van der Waals surface area contributed by atoms with Gasteiger partial charge in [-0.3, -0.25) is 14.9 Å². The number of nitro benzene ring substituents is 1. The molecule has 0 radical (unpaired) electrons. The van der Waals surface area contributed by atoms with Crippen LogP contribution in [0.15, 0.2) is 12.1 Å². The minimum absolute atomic E-state index is 0.514. The molecule has 7 heteroatoms.